The largest absolute Gasteiger partial charge is 0.338 e. The zero-order chi connectivity index (χ0) is 14.3. The Kier molecular flexibility index (Phi) is 4.90. The van der Waals surface area contributed by atoms with Gasteiger partial charge in [0.1, 0.15) is 17.2 Å². The number of benzene rings is 1. The molecule has 1 N–H and O–H groups in total. The molecule has 0 saturated carbocycles. The monoisotopic (exact) mass is 380 g/mol. The van der Waals surface area contributed by atoms with Crippen molar-refractivity contribution in [2.75, 3.05) is 26.2 Å². The van der Waals surface area contributed by atoms with E-state index in [1.54, 1.807) is 4.90 Å². The molecule has 3 rings (SSSR count). The third kappa shape index (κ3) is 3.07. The van der Waals surface area contributed by atoms with Gasteiger partial charge >= 0.3 is 0 Å². The number of hydrogen-bond acceptors (Lipinski definition) is 2. The van der Waals surface area contributed by atoms with E-state index < -0.39 is 23.1 Å². The molecular formula is C14H16BrClF2N2O. The lowest BCUT2D eigenvalue weighted by Crippen LogP contribution is -2.34. The fraction of sp³-hybridized carbons (Fsp3) is 0.500. The molecule has 21 heavy (non-hydrogen) atoms. The van der Waals surface area contributed by atoms with Crippen molar-refractivity contribution in [2.45, 2.75) is 12.8 Å². The summed E-state index contributed by atoms with van der Waals surface area (Å²) in [5, 5.41) is 3.29. The normalized spacial score (nSPS) is 24.4. The van der Waals surface area contributed by atoms with E-state index in [-0.39, 0.29) is 17.8 Å². The summed E-state index contributed by atoms with van der Waals surface area (Å²) in [7, 11) is 0. The maximum absolute atomic E-state index is 13.9. The van der Waals surface area contributed by atoms with Crippen molar-refractivity contribution in [2.24, 2.45) is 5.41 Å². The Morgan fingerprint density at radius 1 is 1.29 bits per heavy atom. The molecule has 2 heterocycles. The lowest BCUT2D eigenvalue weighted by molar-refractivity contribution is 0.0766. The first-order chi connectivity index (χ1) is 9.51. The maximum Gasteiger partial charge on any atom is 0.259 e. The van der Waals surface area contributed by atoms with Gasteiger partial charge in [-0.1, -0.05) is 15.9 Å². The summed E-state index contributed by atoms with van der Waals surface area (Å²) in [6.07, 6.45) is 1.91. The second-order valence-electron chi connectivity index (χ2n) is 5.65. The first-order valence-electron chi connectivity index (χ1n) is 6.65. The predicted molar refractivity (Wildman–Crippen MR) is 81.7 cm³/mol. The van der Waals surface area contributed by atoms with Crippen LogP contribution >= 0.6 is 28.3 Å². The Morgan fingerprint density at radius 3 is 2.52 bits per heavy atom. The molecule has 1 atom stereocenters. The van der Waals surface area contributed by atoms with Crippen LogP contribution in [0, 0.1) is 17.0 Å². The first-order valence-corrected chi connectivity index (χ1v) is 7.45. The second kappa shape index (κ2) is 6.18. The second-order valence-corrected chi connectivity index (χ2v) is 6.56. The van der Waals surface area contributed by atoms with Gasteiger partial charge in [-0.05, 0) is 31.5 Å². The van der Waals surface area contributed by atoms with Crippen LogP contribution in [0.15, 0.2) is 16.6 Å². The van der Waals surface area contributed by atoms with Gasteiger partial charge in [0.05, 0.1) is 0 Å². The van der Waals surface area contributed by atoms with E-state index in [4.69, 9.17) is 0 Å². The highest BCUT2D eigenvalue weighted by atomic mass is 79.9. The van der Waals surface area contributed by atoms with E-state index in [0.29, 0.717) is 17.6 Å². The number of rotatable bonds is 1. The molecule has 1 spiro atoms. The van der Waals surface area contributed by atoms with Crippen LogP contribution in [0.5, 0.6) is 0 Å². The van der Waals surface area contributed by atoms with Crippen molar-refractivity contribution in [3.8, 4) is 0 Å². The lowest BCUT2D eigenvalue weighted by Gasteiger charge is -2.23. The molecular weight excluding hydrogens is 366 g/mol. The van der Waals surface area contributed by atoms with Crippen molar-refractivity contribution in [3.05, 3.63) is 33.8 Å². The van der Waals surface area contributed by atoms with Gasteiger partial charge in [-0.25, -0.2) is 8.78 Å². The Labute approximate surface area is 136 Å². The van der Waals surface area contributed by atoms with Gasteiger partial charge in [0.2, 0.25) is 0 Å². The number of carbonyl (C=O) groups is 1. The average molecular weight is 382 g/mol. The fourth-order valence-corrected chi connectivity index (χ4v) is 3.56. The van der Waals surface area contributed by atoms with Gasteiger partial charge in [-0.3, -0.25) is 4.79 Å². The predicted octanol–water partition coefficient (Wildman–Crippen LogP) is 2.97. The zero-order valence-corrected chi connectivity index (χ0v) is 13.7. The minimum absolute atomic E-state index is 0. The van der Waals surface area contributed by atoms with Crippen molar-refractivity contribution in [1.82, 2.24) is 10.2 Å². The molecule has 2 saturated heterocycles. The number of nitrogens with one attached hydrogen (secondary N) is 1. The Morgan fingerprint density at radius 2 is 1.95 bits per heavy atom. The molecule has 2 aliphatic heterocycles. The van der Waals surface area contributed by atoms with Crippen molar-refractivity contribution >= 4 is 34.2 Å². The molecule has 3 nitrogen and oxygen atoms in total. The number of hydrogen-bond donors (Lipinski definition) is 1. The van der Waals surface area contributed by atoms with Crippen LogP contribution in [0.1, 0.15) is 23.2 Å². The Bertz CT molecular complexity index is 541. The fourth-order valence-electron chi connectivity index (χ4n) is 3.16. The molecule has 1 unspecified atom stereocenters. The van der Waals surface area contributed by atoms with Crippen LogP contribution in [-0.4, -0.2) is 37.0 Å². The number of carbonyl (C=O) groups excluding carboxylic acids is 1. The molecule has 7 heteroatoms. The minimum Gasteiger partial charge on any atom is -0.338 e. The van der Waals surface area contributed by atoms with E-state index in [2.05, 4.69) is 21.2 Å². The van der Waals surface area contributed by atoms with Gasteiger partial charge in [-0.2, -0.15) is 0 Å². The first kappa shape index (κ1) is 16.6. The van der Waals surface area contributed by atoms with Gasteiger partial charge in [0.25, 0.3) is 5.91 Å². The summed E-state index contributed by atoms with van der Waals surface area (Å²) < 4.78 is 28.0. The van der Waals surface area contributed by atoms with Crippen LogP contribution in [0.3, 0.4) is 0 Å². The summed E-state index contributed by atoms with van der Waals surface area (Å²) in [5.74, 6) is -2.17. The highest BCUT2D eigenvalue weighted by molar-refractivity contribution is 9.10. The number of amides is 1. The standard InChI is InChI=1S/C14H15BrF2N2O.ClH/c15-9-5-10(16)12(11(17)6-9)13(20)19-4-2-14(8-19)1-3-18-7-14;/h5-6,18H,1-4,7-8H2;1H. The van der Waals surface area contributed by atoms with E-state index >= 15 is 0 Å². The smallest absolute Gasteiger partial charge is 0.259 e. The molecule has 116 valence electrons. The minimum atomic E-state index is -0.813. The molecule has 0 radical (unpaired) electrons. The lowest BCUT2D eigenvalue weighted by atomic mass is 9.86. The van der Waals surface area contributed by atoms with Crippen LogP contribution in [0.25, 0.3) is 0 Å². The summed E-state index contributed by atoms with van der Waals surface area (Å²) in [5.41, 5.74) is -0.353. The molecule has 0 bridgehead atoms. The van der Waals surface area contributed by atoms with Crippen LogP contribution < -0.4 is 5.32 Å². The summed E-state index contributed by atoms with van der Waals surface area (Å²) in [4.78, 5) is 13.9. The summed E-state index contributed by atoms with van der Waals surface area (Å²) >= 11 is 3.02. The molecule has 2 aliphatic rings. The van der Waals surface area contributed by atoms with Crippen molar-refractivity contribution < 1.29 is 13.6 Å². The van der Waals surface area contributed by atoms with E-state index in [1.807, 2.05) is 0 Å². The Hall–Kier alpha value is -0.720. The van der Waals surface area contributed by atoms with E-state index in [0.717, 1.165) is 38.1 Å². The topological polar surface area (TPSA) is 32.3 Å². The summed E-state index contributed by atoms with van der Waals surface area (Å²) in [6.45, 7) is 2.97. The highest BCUT2D eigenvalue weighted by Crippen LogP contribution is 2.37. The van der Waals surface area contributed by atoms with Crippen molar-refractivity contribution in [3.63, 3.8) is 0 Å². The molecule has 1 aromatic rings. The average Bonchev–Trinajstić information content (AvgIpc) is 2.99. The molecule has 2 fully saturated rings. The molecule has 1 aromatic carbocycles. The highest BCUT2D eigenvalue weighted by Gasteiger charge is 2.42. The zero-order valence-electron chi connectivity index (χ0n) is 11.3. The third-order valence-electron chi connectivity index (χ3n) is 4.28. The van der Waals surface area contributed by atoms with Gasteiger partial charge in [-0.15, -0.1) is 12.4 Å². The van der Waals surface area contributed by atoms with Gasteiger partial charge < -0.3 is 10.2 Å². The van der Waals surface area contributed by atoms with E-state index in [9.17, 15) is 13.6 Å². The third-order valence-corrected chi connectivity index (χ3v) is 4.74. The molecule has 1 amide bonds. The number of likely N-dealkylation sites (tertiary alicyclic amines) is 1. The maximum atomic E-state index is 13.9. The van der Waals surface area contributed by atoms with E-state index in [1.165, 1.54) is 0 Å². The number of nitrogens with zero attached hydrogens (tertiary/aromatic N) is 1. The quantitative estimate of drug-likeness (QED) is 0.811. The summed E-state index contributed by atoms with van der Waals surface area (Å²) in [6, 6.07) is 2.25. The molecule has 0 aromatic heterocycles. The Balaban J connectivity index is 0.00000161. The SMILES string of the molecule is Cl.O=C(c1c(F)cc(Br)cc1F)N1CCC2(CCNC2)C1. The van der Waals surface area contributed by atoms with Gasteiger partial charge in [0.15, 0.2) is 0 Å². The van der Waals surface area contributed by atoms with Crippen LogP contribution in [0.2, 0.25) is 0 Å². The van der Waals surface area contributed by atoms with Crippen LogP contribution in [-0.2, 0) is 0 Å². The van der Waals surface area contributed by atoms with Gasteiger partial charge in [0, 0.05) is 29.5 Å². The molecule has 0 aliphatic carbocycles. The number of halogens is 4. The van der Waals surface area contributed by atoms with Crippen LogP contribution in [0.4, 0.5) is 8.78 Å². The van der Waals surface area contributed by atoms with Crippen molar-refractivity contribution in [1.29, 1.82) is 0 Å².